The number of anilines is 6. The molecule has 0 saturated carbocycles. The average Bonchev–Trinajstić information content (AvgIpc) is 3.86. The Labute approximate surface area is 293 Å². The highest BCUT2D eigenvalue weighted by Crippen LogP contribution is 2.53. The quantitative estimate of drug-likeness (QED) is 0.130. The third kappa shape index (κ3) is 4.87. The van der Waals surface area contributed by atoms with Crippen LogP contribution in [0, 0.1) is 20.8 Å². The van der Waals surface area contributed by atoms with Crippen LogP contribution in [0.1, 0.15) is 16.7 Å². The molecule has 4 aromatic heterocycles. The van der Waals surface area contributed by atoms with Crippen LogP contribution in [-0.4, -0.2) is 9.97 Å². The van der Waals surface area contributed by atoms with Crippen molar-refractivity contribution in [2.45, 2.75) is 20.8 Å². The normalized spacial score (nSPS) is 11.6. The van der Waals surface area contributed by atoms with Gasteiger partial charge in [0, 0.05) is 44.7 Å². The van der Waals surface area contributed by atoms with Gasteiger partial charge in [0.2, 0.25) is 0 Å². The van der Waals surface area contributed by atoms with E-state index >= 15 is 0 Å². The van der Waals surface area contributed by atoms with Crippen molar-refractivity contribution in [3.63, 3.8) is 0 Å². The lowest BCUT2D eigenvalue weighted by atomic mass is 9.92. The SMILES string of the molecule is Cc1ccc2c(N(c3cccs3)c3nccc4ccccc34)c3cc(C)c(C)cc3c(N(c3cccs3)c3nccc4ccccc34)c2c1. The summed E-state index contributed by atoms with van der Waals surface area (Å²) in [5.74, 6) is 1.84. The Hall–Kier alpha value is -5.56. The Kier molecular flexibility index (Phi) is 7.15. The maximum Gasteiger partial charge on any atom is 0.146 e. The highest BCUT2D eigenvalue weighted by atomic mass is 32.1. The first-order valence-electron chi connectivity index (χ1n) is 16.4. The van der Waals surface area contributed by atoms with Crippen LogP contribution in [0.5, 0.6) is 0 Å². The van der Waals surface area contributed by atoms with Crippen LogP contribution >= 0.6 is 22.7 Å². The second-order valence-electron chi connectivity index (χ2n) is 12.5. The van der Waals surface area contributed by atoms with Crippen molar-refractivity contribution in [1.82, 2.24) is 9.97 Å². The predicted octanol–water partition coefficient (Wildman–Crippen LogP) is 13.1. The number of nitrogens with zero attached hydrogens (tertiary/aromatic N) is 4. The fraction of sp³-hybridized carbons (Fsp3) is 0.0698. The molecule has 236 valence electrons. The highest BCUT2D eigenvalue weighted by molar-refractivity contribution is 7.14. The Morgan fingerprint density at radius 3 is 1.45 bits per heavy atom. The van der Waals surface area contributed by atoms with Crippen molar-refractivity contribution in [1.29, 1.82) is 0 Å². The van der Waals surface area contributed by atoms with Crippen LogP contribution in [0.25, 0.3) is 43.1 Å². The number of hydrogen-bond acceptors (Lipinski definition) is 6. The Morgan fingerprint density at radius 2 is 0.939 bits per heavy atom. The second kappa shape index (κ2) is 11.8. The molecule has 0 radical (unpaired) electrons. The van der Waals surface area contributed by atoms with Crippen LogP contribution in [0.3, 0.4) is 0 Å². The summed E-state index contributed by atoms with van der Waals surface area (Å²) in [5, 5.41) is 15.7. The fourth-order valence-electron chi connectivity index (χ4n) is 7.04. The summed E-state index contributed by atoms with van der Waals surface area (Å²) in [5.41, 5.74) is 5.94. The zero-order valence-electron chi connectivity index (χ0n) is 27.4. The summed E-state index contributed by atoms with van der Waals surface area (Å²) in [6.45, 7) is 6.61. The number of hydrogen-bond donors (Lipinski definition) is 0. The lowest BCUT2D eigenvalue weighted by Crippen LogP contribution is -2.15. The Morgan fingerprint density at radius 1 is 0.449 bits per heavy atom. The van der Waals surface area contributed by atoms with Gasteiger partial charge in [-0.3, -0.25) is 9.80 Å². The predicted molar refractivity (Wildman–Crippen MR) is 211 cm³/mol. The summed E-state index contributed by atoms with van der Waals surface area (Å²) in [7, 11) is 0. The topological polar surface area (TPSA) is 32.3 Å². The molecule has 9 rings (SSSR count). The van der Waals surface area contributed by atoms with E-state index in [0.717, 1.165) is 65.3 Å². The minimum atomic E-state index is 0.917. The number of aryl methyl sites for hydroxylation is 3. The molecule has 4 nitrogen and oxygen atoms in total. The molecule has 0 amide bonds. The van der Waals surface area contributed by atoms with E-state index in [4.69, 9.17) is 9.97 Å². The maximum absolute atomic E-state index is 5.11. The number of aromatic nitrogens is 2. The molecule has 0 fully saturated rings. The zero-order valence-corrected chi connectivity index (χ0v) is 29.0. The van der Waals surface area contributed by atoms with Gasteiger partial charge in [0.15, 0.2) is 0 Å². The maximum atomic E-state index is 5.11. The van der Waals surface area contributed by atoms with Crippen molar-refractivity contribution < 1.29 is 0 Å². The summed E-state index contributed by atoms with van der Waals surface area (Å²) in [6, 6.07) is 41.6. The van der Waals surface area contributed by atoms with Gasteiger partial charge in [-0.25, -0.2) is 9.97 Å². The van der Waals surface area contributed by atoms with Gasteiger partial charge in [-0.1, -0.05) is 66.2 Å². The molecule has 0 saturated heterocycles. The molecule has 0 aliphatic heterocycles. The second-order valence-corrected chi connectivity index (χ2v) is 14.4. The fourth-order valence-corrected chi connectivity index (χ4v) is 8.51. The van der Waals surface area contributed by atoms with Crippen molar-refractivity contribution >= 4 is 98.8 Å². The van der Waals surface area contributed by atoms with E-state index in [1.807, 2.05) is 12.4 Å². The van der Waals surface area contributed by atoms with Crippen LogP contribution < -0.4 is 9.80 Å². The van der Waals surface area contributed by atoms with Gasteiger partial charge in [0.1, 0.15) is 21.6 Å². The first-order valence-corrected chi connectivity index (χ1v) is 18.1. The number of thiophene rings is 2. The highest BCUT2D eigenvalue weighted by Gasteiger charge is 2.29. The summed E-state index contributed by atoms with van der Waals surface area (Å²) in [6.07, 6.45) is 3.86. The van der Waals surface area contributed by atoms with Crippen LogP contribution in [0.4, 0.5) is 33.0 Å². The number of rotatable bonds is 6. The van der Waals surface area contributed by atoms with E-state index in [1.54, 1.807) is 22.7 Å². The van der Waals surface area contributed by atoms with E-state index in [9.17, 15) is 0 Å². The number of benzene rings is 5. The molecule has 0 aliphatic carbocycles. The molecule has 6 heteroatoms. The summed E-state index contributed by atoms with van der Waals surface area (Å²) < 4.78 is 0. The summed E-state index contributed by atoms with van der Waals surface area (Å²) >= 11 is 3.46. The lowest BCUT2D eigenvalue weighted by Gasteiger charge is -2.32. The van der Waals surface area contributed by atoms with Gasteiger partial charge in [-0.05, 0) is 108 Å². The van der Waals surface area contributed by atoms with Crippen molar-refractivity contribution in [3.8, 4) is 0 Å². The van der Waals surface area contributed by atoms with Gasteiger partial charge in [-0.2, -0.15) is 0 Å². The minimum Gasteiger partial charge on any atom is -0.284 e. The number of fused-ring (bicyclic) bond motifs is 4. The molecule has 0 N–H and O–H groups in total. The van der Waals surface area contributed by atoms with Gasteiger partial charge in [-0.15, -0.1) is 22.7 Å². The van der Waals surface area contributed by atoms with E-state index in [2.05, 4.69) is 157 Å². The largest absolute Gasteiger partial charge is 0.284 e. The molecule has 0 spiro atoms. The molecule has 0 atom stereocenters. The Balaban J connectivity index is 1.48. The summed E-state index contributed by atoms with van der Waals surface area (Å²) in [4.78, 5) is 15.0. The molecule has 0 aliphatic rings. The zero-order chi connectivity index (χ0) is 33.1. The standard InChI is InChI=1S/C43H32N4S2/c1-27-16-17-34-35(24-27)41(47(39-15-9-23-49-39)43-33-13-7-5-11-31(33)19-21-45-43)37-26-29(3)28(2)25-36(37)40(34)46(38-14-8-22-48-38)42-32-12-6-4-10-30(32)18-20-44-42/h4-26H,1-3H3. The minimum absolute atomic E-state index is 0.917. The average molecular weight is 669 g/mol. The van der Waals surface area contributed by atoms with Gasteiger partial charge in [0.25, 0.3) is 0 Å². The third-order valence-corrected chi connectivity index (χ3v) is 11.2. The molecular weight excluding hydrogens is 637 g/mol. The molecule has 0 bridgehead atoms. The monoisotopic (exact) mass is 668 g/mol. The van der Waals surface area contributed by atoms with E-state index in [-0.39, 0.29) is 0 Å². The third-order valence-electron chi connectivity index (χ3n) is 9.46. The van der Waals surface area contributed by atoms with Crippen molar-refractivity contribution in [2.75, 3.05) is 9.80 Å². The molecule has 49 heavy (non-hydrogen) atoms. The van der Waals surface area contributed by atoms with Crippen LogP contribution in [0.2, 0.25) is 0 Å². The first-order chi connectivity index (χ1) is 24.1. The van der Waals surface area contributed by atoms with Gasteiger partial charge in [0.05, 0.1) is 11.4 Å². The van der Waals surface area contributed by atoms with Crippen LogP contribution in [-0.2, 0) is 0 Å². The van der Waals surface area contributed by atoms with Crippen molar-refractivity contribution in [3.05, 3.63) is 155 Å². The first kappa shape index (κ1) is 29.6. The van der Waals surface area contributed by atoms with Crippen molar-refractivity contribution in [2.24, 2.45) is 0 Å². The van der Waals surface area contributed by atoms with E-state index < -0.39 is 0 Å². The number of pyridine rings is 2. The lowest BCUT2D eigenvalue weighted by molar-refractivity contribution is 1.22. The van der Waals surface area contributed by atoms with Crippen LogP contribution in [0.15, 0.2) is 138 Å². The molecule has 0 unspecified atom stereocenters. The van der Waals surface area contributed by atoms with Gasteiger partial charge < -0.3 is 0 Å². The Bertz CT molecular complexity index is 2650. The molecule has 9 aromatic rings. The van der Waals surface area contributed by atoms with E-state index in [0.29, 0.717) is 0 Å². The van der Waals surface area contributed by atoms with Gasteiger partial charge >= 0.3 is 0 Å². The van der Waals surface area contributed by atoms with E-state index in [1.165, 1.54) is 27.5 Å². The smallest absolute Gasteiger partial charge is 0.146 e. The molecule has 4 heterocycles. The molecular formula is C43H32N4S2. The molecule has 5 aromatic carbocycles.